The van der Waals surface area contributed by atoms with Crippen molar-refractivity contribution in [2.75, 3.05) is 11.9 Å². The molecule has 0 saturated carbocycles. The number of carbonyl (C=O) groups excluding carboxylic acids is 1. The van der Waals surface area contributed by atoms with Crippen LogP contribution in [0.4, 0.5) is 5.69 Å². The van der Waals surface area contributed by atoms with Crippen molar-refractivity contribution >= 4 is 11.6 Å². The van der Waals surface area contributed by atoms with E-state index >= 15 is 0 Å². The molecule has 0 aromatic heterocycles. The summed E-state index contributed by atoms with van der Waals surface area (Å²) in [6, 6.07) is 5.96. The van der Waals surface area contributed by atoms with Crippen molar-refractivity contribution in [2.45, 2.75) is 32.8 Å². The van der Waals surface area contributed by atoms with E-state index in [4.69, 9.17) is 4.74 Å². The molecule has 2 rings (SSSR count). The fourth-order valence-electron chi connectivity index (χ4n) is 2.01. The Labute approximate surface area is 96.0 Å². The second kappa shape index (κ2) is 4.16. The van der Waals surface area contributed by atoms with Crippen LogP contribution in [0.5, 0.6) is 5.75 Å². The molecule has 0 aliphatic carbocycles. The van der Waals surface area contributed by atoms with Crippen LogP contribution in [0, 0.1) is 0 Å². The number of hydrogen-bond acceptors (Lipinski definition) is 2. The van der Waals surface area contributed by atoms with E-state index in [1.165, 1.54) is 0 Å². The first-order chi connectivity index (χ1) is 7.63. The Kier molecular flexibility index (Phi) is 2.86. The summed E-state index contributed by atoms with van der Waals surface area (Å²) in [5.74, 6) is 0.977. The van der Waals surface area contributed by atoms with Gasteiger partial charge in [-0.05, 0) is 25.0 Å². The van der Waals surface area contributed by atoms with Gasteiger partial charge in [-0.25, -0.2) is 0 Å². The Morgan fingerprint density at radius 3 is 2.94 bits per heavy atom. The molecule has 1 aromatic carbocycles. The van der Waals surface area contributed by atoms with Crippen molar-refractivity contribution in [3.05, 3.63) is 23.8 Å². The summed E-state index contributed by atoms with van der Waals surface area (Å²) < 4.78 is 5.86. The summed E-state index contributed by atoms with van der Waals surface area (Å²) in [6.07, 6.45) is 1.30. The van der Waals surface area contributed by atoms with E-state index in [0.29, 0.717) is 6.42 Å². The van der Waals surface area contributed by atoms with Gasteiger partial charge in [0, 0.05) is 7.05 Å². The highest BCUT2D eigenvalue weighted by atomic mass is 16.5. The number of nitrogens with zero attached hydrogens (tertiary/aromatic N) is 1. The Morgan fingerprint density at radius 2 is 2.25 bits per heavy atom. The summed E-state index contributed by atoms with van der Waals surface area (Å²) in [5, 5.41) is 0. The summed E-state index contributed by atoms with van der Waals surface area (Å²) in [7, 11) is 1.81. The van der Waals surface area contributed by atoms with E-state index in [1.807, 2.05) is 26.1 Å². The van der Waals surface area contributed by atoms with E-state index in [1.54, 1.807) is 4.90 Å². The highest BCUT2D eigenvalue weighted by Gasteiger charge is 2.25. The number of aryl methyl sites for hydroxylation is 1. The first kappa shape index (κ1) is 11.0. The molecule has 0 radical (unpaired) electrons. The predicted octanol–water partition coefficient (Wildman–Crippen LogP) is 2.38. The lowest BCUT2D eigenvalue weighted by molar-refractivity contribution is -0.119. The third kappa shape index (κ3) is 1.77. The summed E-state index contributed by atoms with van der Waals surface area (Å²) in [6.45, 7) is 4.03. The monoisotopic (exact) mass is 219 g/mol. The number of anilines is 1. The highest BCUT2D eigenvalue weighted by molar-refractivity contribution is 5.95. The van der Waals surface area contributed by atoms with Gasteiger partial charge in [0.1, 0.15) is 11.9 Å². The Hall–Kier alpha value is -1.51. The molecule has 1 amide bonds. The van der Waals surface area contributed by atoms with Crippen molar-refractivity contribution in [1.82, 2.24) is 0 Å². The van der Waals surface area contributed by atoms with Gasteiger partial charge in [-0.2, -0.15) is 0 Å². The molecule has 1 unspecified atom stereocenters. The molecule has 1 heterocycles. The Bertz CT molecular complexity index is 414. The van der Waals surface area contributed by atoms with Crippen LogP contribution < -0.4 is 9.64 Å². The maximum absolute atomic E-state index is 11.8. The van der Waals surface area contributed by atoms with Gasteiger partial charge >= 0.3 is 0 Å². The lowest BCUT2D eigenvalue weighted by Crippen LogP contribution is -2.27. The Balaban J connectivity index is 2.54. The molecule has 0 bridgehead atoms. The molecule has 3 heteroatoms. The molecular weight excluding hydrogens is 202 g/mol. The SMILES string of the molecule is CCc1cccc2c1OC(C)CC(=O)N2C. The molecule has 0 saturated heterocycles. The average Bonchev–Trinajstić information content (AvgIpc) is 2.37. The van der Waals surface area contributed by atoms with Gasteiger partial charge < -0.3 is 9.64 Å². The van der Waals surface area contributed by atoms with Crippen LogP contribution in [0.3, 0.4) is 0 Å². The van der Waals surface area contributed by atoms with Gasteiger partial charge in [0.05, 0.1) is 12.1 Å². The second-order valence-corrected chi connectivity index (χ2v) is 4.20. The quantitative estimate of drug-likeness (QED) is 0.725. The van der Waals surface area contributed by atoms with E-state index in [-0.39, 0.29) is 12.0 Å². The number of hydrogen-bond donors (Lipinski definition) is 0. The first-order valence-corrected chi connectivity index (χ1v) is 5.68. The van der Waals surface area contributed by atoms with Crippen LogP contribution in [-0.4, -0.2) is 19.1 Å². The number of ether oxygens (including phenoxy) is 1. The topological polar surface area (TPSA) is 29.5 Å². The first-order valence-electron chi connectivity index (χ1n) is 5.68. The maximum Gasteiger partial charge on any atom is 0.230 e. The zero-order valence-corrected chi connectivity index (χ0v) is 9.99. The van der Waals surface area contributed by atoms with Gasteiger partial charge in [0.2, 0.25) is 5.91 Å². The van der Waals surface area contributed by atoms with Gasteiger partial charge in [0.25, 0.3) is 0 Å². The second-order valence-electron chi connectivity index (χ2n) is 4.20. The lowest BCUT2D eigenvalue weighted by Gasteiger charge is -2.18. The van der Waals surface area contributed by atoms with Crippen LogP contribution in [0.2, 0.25) is 0 Å². The fourth-order valence-corrected chi connectivity index (χ4v) is 2.01. The third-order valence-corrected chi connectivity index (χ3v) is 2.97. The van der Waals surface area contributed by atoms with Crippen molar-refractivity contribution in [3.8, 4) is 5.75 Å². The molecule has 1 atom stereocenters. The van der Waals surface area contributed by atoms with Crippen LogP contribution in [0.25, 0.3) is 0 Å². The van der Waals surface area contributed by atoms with E-state index < -0.39 is 0 Å². The van der Waals surface area contributed by atoms with Crippen LogP contribution in [0.15, 0.2) is 18.2 Å². The van der Waals surface area contributed by atoms with Gasteiger partial charge in [-0.15, -0.1) is 0 Å². The van der Waals surface area contributed by atoms with Crippen molar-refractivity contribution < 1.29 is 9.53 Å². The molecule has 16 heavy (non-hydrogen) atoms. The van der Waals surface area contributed by atoms with Gasteiger partial charge in [0.15, 0.2) is 0 Å². The highest BCUT2D eigenvalue weighted by Crippen LogP contribution is 2.35. The number of amides is 1. The molecule has 1 aromatic rings. The minimum absolute atomic E-state index is 0.0519. The molecule has 0 spiro atoms. The number of carbonyl (C=O) groups is 1. The van der Waals surface area contributed by atoms with Gasteiger partial charge in [-0.1, -0.05) is 19.1 Å². The number of fused-ring (bicyclic) bond motifs is 1. The van der Waals surface area contributed by atoms with E-state index in [9.17, 15) is 4.79 Å². The molecule has 1 aliphatic heterocycles. The summed E-state index contributed by atoms with van der Waals surface area (Å²) >= 11 is 0. The molecule has 86 valence electrons. The molecular formula is C13H17NO2. The normalized spacial score (nSPS) is 20.1. The van der Waals surface area contributed by atoms with Crippen molar-refractivity contribution in [2.24, 2.45) is 0 Å². The number of benzene rings is 1. The summed E-state index contributed by atoms with van der Waals surface area (Å²) in [5.41, 5.74) is 2.04. The minimum atomic E-state index is -0.0519. The zero-order chi connectivity index (χ0) is 11.7. The van der Waals surface area contributed by atoms with E-state index in [2.05, 4.69) is 13.0 Å². The van der Waals surface area contributed by atoms with Crippen LogP contribution in [-0.2, 0) is 11.2 Å². The van der Waals surface area contributed by atoms with Gasteiger partial charge in [-0.3, -0.25) is 4.79 Å². The smallest absolute Gasteiger partial charge is 0.230 e. The standard InChI is InChI=1S/C13H17NO2/c1-4-10-6-5-7-11-13(10)16-9(2)8-12(15)14(11)3/h5-7,9H,4,8H2,1-3H3. The van der Waals surface area contributed by atoms with Crippen LogP contribution in [0.1, 0.15) is 25.8 Å². The van der Waals surface area contributed by atoms with E-state index in [0.717, 1.165) is 23.4 Å². The number of rotatable bonds is 1. The van der Waals surface area contributed by atoms with Crippen molar-refractivity contribution in [1.29, 1.82) is 0 Å². The Morgan fingerprint density at radius 1 is 1.50 bits per heavy atom. The largest absolute Gasteiger partial charge is 0.488 e. The van der Waals surface area contributed by atoms with Crippen molar-refractivity contribution in [3.63, 3.8) is 0 Å². The number of para-hydroxylation sites is 1. The lowest BCUT2D eigenvalue weighted by atomic mass is 10.1. The molecule has 0 fully saturated rings. The average molecular weight is 219 g/mol. The summed E-state index contributed by atoms with van der Waals surface area (Å²) in [4.78, 5) is 13.5. The molecule has 0 N–H and O–H groups in total. The zero-order valence-electron chi connectivity index (χ0n) is 9.99. The molecule has 1 aliphatic rings. The van der Waals surface area contributed by atoms with Crippen LogP contribution >= 0.6 is 0 Å². The third-order valence-electron chi connectivity index (χ3n) is 2.97. The minimum Gasteiger partial charge on any atom is -0.488 e. The predicted molar refractivity (Wildman–Crippen MR) is 63.9 cm³/mol. The molecule has 3 nitrogen and oxygen atoms in total. The fraction of sp³-hybridized carbons (Fsp3) is 0.462. The maximum atomic E-state index is 11.8.